The summed E-state index contributed by atoms with van der Waals surface area (Å²) >= 11 is 0. The largest absolute Gasteiger partial charge is 0.385 e. The molecule has 0 saturated heterocycles. The summed E-state index contributed by atoms with van der Waals surface area (Å²) in [5, 5.41) is 15.8. The number of hydrogen-bond donors (Lipinski definition) is 2. The molecule has 110 valence electrons. The topological polar surface area (TPSA) is 84.3 Å². The minimum Gasteiger partial charge on any atom is -0.385 e. The molecule has 20 heavy (non-hydrogen) atoms. The van der Waals surface area contributed by atoms with E-state index in [1.807, 2.05) is 12.2 Å². The molecule has 8 heteroatoms. The zero-order chi connectivity index (χ0) is 15.1. The summed E-state index contributed by atoms with van der Waals surface area (Å²) in [6.45, 7) is 1.73. The zero-order valence-electron chi connectivity index (χ0n) is 10.9. The molecule has 0 atom stereocenters. The van der Waals surface area contributed by atoms with Crippen LogP contribution in [0.1, 0.15) is 23.7 Å². The molecule has 1 amide bonds. The first-order valence-electron chi connectivity index (χ1n) is 6.04. The second-order valence-electron chi connectivity index (χ2n) is 4.02. The molecule has 0 fully saturated rings. The van der Waals surface area contributed by atoms with Gasteiger partial charge in [-0.15, -0.1) is 0 Å². The Hall–Kier alpha value is -2.25. The standard InChI is InChI=1S/C12H15F2N3O3/c1-2-5-15-8-3-4-10(17(19)20)9(6-8)12(18)16-7-11(13)14/h3-4,6,11,15H,2,5,7H2,1H3,(H,16,18). The van der Waals surface area contributed by atoms with Gasteiger partial charge in [0.1, 0.15) is 5.56 Å². The number of carbonyl (C=O) groups is 1. The van der Waals surface area contributed by atoms with Crippen molar-refractivity contribution in [3.8, 4) is 0 Å². The van der Waals surface area contributed by atoms with Crippen molar-refractivity contribution in [3.63, 3.8) is 0 Å². The molecular formula is C12H15F2N3O3. The van der Waals surface area contributed by atoms with Gasteiger partial charge < -0.3 is 10.6 Å². The lowest BCUT2D eigenvalue weighted by Crippen LogP contribution is -2.29. The van der Waals surface area contributed by atoms with E-state index >= 15 is 0 Å². The van der Waals surface area contributed by atoms with Crippen LogP contribution in [0.3, 0.4) is 0 Å². The van der Waals surface area contributed by atoms with E-state index in [0.717, 1.165) is 6.42 Å². The number of nitro benzene ring substituents is 1. The average molecular weight is 287 g/mol. The van der Waals surface area contributed by atoms with Crippen molar-refractivity contribution in [3.05, 3.63) is 33.9 Å². The first-order valence-corrected chi connectivity index (χ1v) is 6.04. The lowest BCUT2D eigenvalue weighted by molar-refractivity contribution is -0.385. The minimum absolute atomic E-state index is 0.239. The quantitative estimate of drug-likeness (QED) is 0.596. The number of nitrogens with one attached hydrogen (secondary N) is 2. The molecule has 0 aliphatic heterocycles. The molecule has 0 unspecified atom stereocenters. The Kier molecular flexibility index (Phi) is 5.82. The second kappa shape index (κ2) is 7.37. The van der Waals surface area contributed by atoms with Crippen LogP contribution < -0.4 is 10.6 Å². The van der Waals surface area contributed by atoms with E-state index in [4.69, 9.17) is 0 Å². The van der Waals surface area contributed by atoms with Crippen molar-refractivity contribution in [1.82, 2.24) is 5.32 Å². The third-order valence-electron chi connectivity index (χ3n) is 2.43. The highest BCUT2D eigenvalue weighted by Gasteiger charge is 2.21. The molecule has 0 aliphatic carbocycles. The monoisotopic (exact) mass is 287 g/mol. The molecule has 2 N–H and O–H groups in total. The molecule has 1 aromatic rings. The van der Waals surface area contributed by atoms with E-state index in [2.05, 4.69) is 5.32 Å². The summed E-state index contributed by atoms with van der Waals surface area (Å²) in [5.41, 5.74) is -0.129. The predicted molar refractivity (Wildman–Crippen MR) is 70.2 cm³/mol. The Morgan fingerprint density at radius 2 is 2.15 bits per heavy atom. The Morgan fingerprint density at radius 3 is 2.70 bits per heavy atom. The number of rotatable bonds is 7. The SMILES string of the molecule is CCCNc1ccc([N+](=O)[O-])c(C(=O)NCC(F)F)c1. The number of anilines is 1. The van der Waals surface area contributed by atoms with E-state index in [0.29, 0.717) is 12.2 Å². The Morgan fingerprint density at radius 1 is 1.45 bits per heavy atom. The first kappa shape index (κ1) is 15.8. The second-order valence-corrected chi connectivity index (χ2v) is 4.02. The van der Waals surface area contributed by atoms with Gasteiger partial charge in [-0.25, -0.2) is 8.78 Å². The van der Waals surface area contributed by atoms with Crippen LogP contribution in [0.4, 0.5) is 20.2 Å². The average Bonchev–Trinajstić information content (AvgIpc) is 2.41. The predicted octanol–water partition coefficient (Wildman–Crippen LogP) is 2.41. The van der Waals surface area contributed by atoms with Gasteiger partial charge in [-0.1, -0.05) is 6.92 Å². The maximum absolute atomic E-state index is 12.1. The molecular weight excluding hydrogens is 272 g/mol. The fourth-order valence-corrected chi connectivity index (χ4v) is 1.52. The van der Waals surface area contributed by atoms with Gasteiger partial charge in [0.25, 0.3) is 18.0 Å². The fraction of sp³-hybridized carbons (Fsp3) is 0.417. The summed E-state index contributed by atoms with van der Waals surface area (Å²) in [7, 11) is 0. The maximum Gasteiger partial charge on any atom is 0.282 e. The summed E-state index contributed by atoms with van der Waals surface area (Å²) in [4.78, 5) is 21.8. The van der Waals surface area contributed by atoms with Crippen molar-refractivity contribution in [2.75, 3.05) is 18.4 Å². The zero-order valence-corrected chi connectivity index (χ0v) is 10.9. The summed E-state index contributed by atoms with van der Waals surface area (Å²) in [6, 6.07) is 3.93. The maximum atomic E-state index is 12.1. The number of amides is 1. The van der Waals surface area contributed by atoms with E-state index in [9.17, 15) is 23.7 Å². The van der Waals surface area contributed by atoms with Gasteiger partial charge in [0.05, 0.1) is 11.5 Å². The molecule has 6 nitrogen and oxygen atoms in total. The van der Waals surface area contributed by atoms with E-state index in [1.165, 1.54) is 18.2 Å². The normalized spacial score (nSPS) is 10.4. The van der Waals surface area contributed by atoms with E-state index < -0.39 is 29.5 Å². The molecule has 0 aromatic heterocycles. The number of nitro groups is 1. The number of halogens is 2. The van der Waals surface area contributed by atoms with Gasteiger partial charge in [0, 0.05) is 18.3 Å². The van der Waals surface area contributed by atoms with Gasteiger partial charge in [0.2, 0.25) is 0 Å². The molecule has 0 heterocycles. The molecule has 0 spiro atoms. The number of alkyl halides is 2. The van der Waals surface area contributed by atoms with Gasteiger partial charge >= 0.3 is 0 Å². The Balaban J connectivity index is 2.98. The summed E-state index contributed by atoms with van der Waals surface area (Å²) < 4.78 is 24.1. The van der Waals surface area contributed by atoms with Crippen LogP contribution in [0.2, 0.25) is 0 Å². The number of carbonyl (C=O) groups excluding carboxylic acids is 1. The van der Waals surface area contributed by atoms with E-state index in [1.54, 1.807) is 0 Å². The highest BCUT2D eigenvalue weighted by molar-refractivity contribution is 5.99. The summed E-state index contributed by atoms with van der Waals surface area (Å²) in [5.74, 6) is -0.892. The van der Waals surface area contributed by atoms with Crippen LogP contribution in [-0.2, 0) is 0 Å². The van der Waals surface area contributed by atoms with Crippen LogP contribution >= 0.6 is 0 Å². The molecule has 1 rings (SSSR count). The molecule has 1 aromatic carbocycles. The first-order chi connectivity index (χ1) is 9.45. The van der Waals surface area contributed by atoms with Crippen LogP contribution in [-0.4, -0.2) is 30.3 Å². The number of benzene rings is 1. The summed E-state index contributed by atoms with van der Waals surface area (Å²) in [6.07, 6.45) is -1.87. The van der Waals surface area contributed by atoms with Crippen LogP contribution in [0.5, 0.6) is 0 Å². The molecule has 0 aliphatic rings. The third-order valence-corrected chi connectivity index (χ3v) is 2.43. The Labute approximate surface area is 114 Å². The van der Waals surface area contributed by atoms with Gasteiger partial charge in [-0.3, -0.25) is 14.9 Å². The Bertz CT molecular complexity index is 495. The van der Waals surface area contributed by atoms with Gasteiger partial charge in [0.15, 0.2) is 0 Å². The smallest absolute Gasteiger partial charge is 0.282 e. The number of nitrogens with zero attached hydrogens (tertiary/aromatic N) is 1. The molecule has 0 bridgehead atoms. The van der Waals surface area contributed by atoms with E-state index in [-0.39, 0.29) is 5.56 Å². The van der Waals surface area contributed by atoms with Crippen molar-refractivity contribution in [2.45, 2.75) is 19.8 Å². The van der Waals surface area contributed by atoms with Crippen LogP contribution in [0.15, 0.2) is 18.2 Å². The highest BCUT2D eigenvalue weighted by atomic mass is 19.3. The van der Waals surface area contributed by atoms with Crippen molar-refractivity contribution in [2.24, 2.45) is 0 Å². The molecule has 0 radical (unpaired) electrons. The lowest BCUT2D eigenvalue weighted by Gasteiger charge is -2.09. The van der Waals surface area contributed by atoms with Crippen LogP contribution in [0.25, 0.3) is 0 Å². The highest BCUT2D eigenvalue weighted by Crippen LogP contribution is 2.22. The van der Waals surface area contributed by atoms with Gasteiger partial charge in [-0.05, 0) is 18.6 Å². The van der Waals surface area contributed by atoms with Crippen molar-refractivity contribution >= 4 is 17.3 Å². The number of hydrogen-bond acceptors (Lipinski definition) is 4. The fourth-order valence-electron chi connectivity index (χ4n) is 1.52. The van der Waals surface area contributed by atoms with Crippen molar-refractivity contribution < 1.29 is 18.5 Å². The molecule has 0 saturated carbocycles. The minimum atomic E-state index is -2.71. The lowest BCUT2D eigenvalue weighted by atomic mass is 10.1. The third kappa shape index (κ3) is 4.45. The van der Waals surface area contributed by atoms with Crippen LogP contribution in [0, 0.1) is 10.1 Å². The van der Waals surface area contributed by atoms with Crippen molar-refractivity contribution in [1.29, 1.82) is 0 Å². The van der Waals surface area contributed by atoms with Gasteiger partial charge in [-0.2, -0.15) is 0 Å².